The van der Waals surface area contributed by atoms with Gasteiger partial charge in [-0.1, -0.05) is 19.1 Å². The number of hydrogen-bond donors (Lipinski definition) is 2. The number of carbonyl (C=O) groups is 2. The number of rotatable bonds is 8. The Hall–Kier alpha value is -2.87. The third-order valence-electron chi connectivity index (χ3n) is 5.21. The van der Waals surface area contributed by atoms with Crippen LogP contribution < -0.4 is 15.4 Å². The summed E-state index contributed by atoms with van der Waals surface area (Å²) in [6.07, 6.45) is 4.55. The maximum atomic E-state index is 13.3. The molecule has 29 heavy (non-hydrogen) atoms. The average molecular weight is 399 g/mol. The zero-order valence-electron chi connectivity index (χ0n) is 17.2. The zero-order valence-corrected chi connectivity index (χ0v) is 17.2. The summed E-state index contributed by atoms with van der Waals surface area (Å²) in [6.45, 7) is 3.89. The van der Waals surface area contributed by atoms with Crippen molar-refractivity contribution in [2.24, 2.45) is 13.0 Å². The molecule has 0 spiro atoms. The van der Waals surface area contributed by atoms with Gasteiger partial charge in [0.25, 0.3) is 0 Å². The number of methoxy groups -OCH3 is 1. The topological polar surface area (TPSA) is 88.5 Å². The fourth-order valence-electron chi connectivity index (χ4n) is 3.80. The van der Waals surface area contributed by atoms with Crippen LogP contribution in [0.4, 0.5) is 5.69 Å². The van der Waals surface area contributed by atoms with E-state index in [0.717, 1.165) is 18.5 Å². The van der Waals surface area contributed by atoms with Crippen molar-refractivity contribution in [3.8, 4) is 5.75 Å². The van der Waals surface area contributed by atoms with Gasteiger partial charge in [-0.3, -0.25) is 14.3 Å². The molecule has 1 saturated heterocycles. The van der Waals surface area contributed by atoms with E-state index >= 15 is 0 Å². The van der Waals surface area contributed by atoms with Gasteiger partial charge in [-0.15, -0.1) is 0 Å². The molecule has 3 rings (SSSR count). The van der Waals surface area contributed by atoms with Crippen molar-refractivity contribution in [2.45, 2.75) is 19.3 Å². The van der Waals surface area contributed by atoms with Crippen molar-refractivity contribution in [2.75, 3.05) is 38.6 Å². The summed E-state index contributed by atoms with van der Waals surface area (Å²) in [5.41, 5.74) is 1.64. The van der Waals surface area contributed by atoms with Crippen molar-refractivity contribution in [1.82, 2.24) is 20.0 Å². The summed E-state index contributed by atoms with van der Waals surface area (Å²) in [4.78, 5) is 27.6. The lowest BCUT2D eigenvalue weighted by Gasteiger charge is -2.27. The van der Waals surface area contributed by atoms with Gasteiger partial charge < -0.3 is 20.3 Å². The molecule has 8 heteroatoms. The number of carbonyl (C=O) groups excluding carboxylic acids is 2. The van der Waals surface area contributed by atoms with E-state index in [1.165, 1.54) is 0 Å². The standard InChI is InChI=1S/C21H29N5O3/c1-4-9-26(14-20(27)24-18-7-5-6-8-19(18)29-3)21(28)17-12-22-11-16(17)15-10-23-25(2)13-15/h5-8,10,13,16-17,22H,4,9,11-12,14H2,1-3H3,(H,24,27)/t16-,17+/m1/s1. The van der Waals surface area contributed by atoms with E-state index in [9.17, 15) is 9.59 Å². The van der Waals surface area contributed by atoms with E-state index in [2.05, 4.69) is 15.7 Å². The summed E-state index contributed by atoms with van der Waals surface area (Å²) in [5, 5.41) is 10.4. The molecule has 0 unspecified atom stereocenters. The Morgan fingerprint density at radius 3 is 2.83 bits per heavy atom. The fraction of sp³-hybridized carbons (Fsp3) is 0.476. The Labute approximate surface area is 171 Å². The van der Waals surface area contributed by atoms with Crippen molar-refractivity contribution >= 4 is 17.5 Å². The Bertz CT molecular complexity index is 850. The molecule has 1 aromatic carbocycles. The Morgan fingerprint density at radius 2 is 2.14 bits per heavy atom. The van der Waals surface area contributed by atoms with Gasteiger partial charge in [-0.25, -0.2) is 0 Å². The molecule has 1 fully saturated rings. The van der Waals surface area contributed by atoms with Crippen LogP contribution in [0.15, 0.2) is 36.7 Å². The van der Waals surface area contributed by atoms with E-state index in [-0.39, 0.29) is 30.2 Å². The van der Waals surface area contributed by atoms with E-state index in [4.69, 9.17) is 4.74 Å². The first-order valence-electron chi connectivity index (χ1n) is 9.94. The van der Waals surface area contributed by atoms with Gasteiger partial charge in [0, 0.05) is 38.8 Å². The molecule has 2 atom stereocenters. The number of ether oxygens (including phenoxy) is 1. The highest BCUT2D eigenvalue weighted by molar-refractivity contribution is 5.96. The van der Waals surface area contributed by atoms with E-state index in [1.54, 1.807) is 28.8 Å². The molecule has 0 saturated carbocycles. The van der Waals surface area contributed by atoms with Gasteiger partial charge in [0.1, 0.15) is 5.75 Å². The second-order valence-electron chi connectivity index (χ2n) is 7.33. The van der Waals surface area contributed by atoms with Crippen LogP contribution in [0.1, 0.15) is 24.8 Å². The Kier molecular flexibility index (Phi) is 6.87. The molecule has 156 valence electrons. The molecule has 1 aliphatic heterocycles. The zero-order chi connectivity index (χ0) is 20.8. The van der Waals surface area contributed by atoms with Crippen molar-refractivity contribution in [1.29, 1.82) is 0 Å². The minimum Gasteiger partial charge on any atom is -0.495 e. The normalized spacial score (nSPS) is 18.4. The number of benzene rings is 1. The molecule has 1 aliphatic rings. The highest BCUT2D eigenvalue weighted by Crippen LogP contribution is 2.29. The molecule has 2 aromatic rings. The summed E-state index contributed by atoms with van der Waals surface area (Å²) < 4.78 is 7.03. The molecule has 0 aliphatic carbocycles. The number of anilines is 1. The average Bonchev–Trinajstić information content (AvgIpc) is 3.36. The number of hydrogen-bond acceptors (Lipinski definition) is 5. The van der Waals surface area contributed by atoms with Crippen molar-refractivity contribution < 1.29 is 14.3 Å². The summed E-state index contributed by atoms with van der Waals surface area (Å²) in [5.74, 6) is 0.213. The van der Waals surface area contributed by atoms with Gasteiger partial charge in [0.05, 0.1) is 31.5 Å². The third kappa shape index (κ3) is 4.95. The fourth-order valence-corrected chi connectivity index (χ4v) is 3.80. The van der Waals surface area contributed by atoms with Gasteiger partial charge in [0.15, 0.2) is 0 Å². The van der Waals surface area contributed by atoms with Crippen LogP contribution in [0.5, 0.6) is 5.75 Å². The van der Waals surface area contributed by atoms with Crippen LogP contribution in [0, 0.1) is 5.92 Å². The minimum atomic E-state index is -0.236. The van der Waals surface area contributed by atoms with Crippen LogP contribution in [0.2, 0.25) is 0 Å². The van der Waals surface area contributed by atoms with Gasteiger partial charge in [0.2, 0.25) is 11.8 Å². The number of nitrogens with one attached hydrogen (secondary N) is 2. The number of aromatic nitrogens is 2. The highest BCUT2D eigenvalue weighted by atomic mass is 16.5. The van der Waals surface area contributed by atoms with Gasteiger partial charge in [-0.05, 0) is 24.1 Å². The van der Waals surface area contributed by atoms with Crippen molar-refractivity contribution in [3.63, 3.8) is 0 Å². The van der Waals surface area contributed by atoms with E-state index in [0.29, 0.717) is 24.5 Å². The lowest BCUT2D eigenvalue weighted by Crippen LogP contribution is -2.43. The van der Waals surface area contributed by atoms with E-state index in [1.807, 2.05) is 38.5 Å². The number of amides is 2. The first-order chi connectivity index (χ1) is 14.0. The largest absolute Gasteiger partial charge is 0.495 e. The second-order valence-corrected chi connectivity index (χ2v) is 7.33. The van der Waals surface area contributed by atoms with Gasteiger partial charge in [-0.2, -0.15) is 5.10 Å². The van der Waals surface area contributed by atoms with Crippen molar-refractivity contribution in [3.05, 3.63) is 42.2 Å². The second kappa shape index (κ2) is 9.56. The molecule has 2 amide bonds. The smallest absolute Gasteiger partial charge is 0.244 e. The van der Waals surface area contributed by atoms with E-state index < -0.39 is 0 Å². The lowest BCUT2D eigenvalue weighted by molar-refractivity contribution is -0.138. The van der Waals surface area contributed by atoms with Crippen LogP contribution in [0.3, 0.4) is 0 Å². The lowest BCUT2D eigenvalue weighted by atomic mass is 9.89. The quantitative estimate of drug-likeness (QED) is 0.704. The van der Waals surface area contributed by atoms with Crippen LogP contribution >= 0.6 is 0 Å². The molecular formula is C21H29N5O3. The minimum absolute atomic E-state index is 0.000815. The monoisotopic (exact) mass is 399 g/mol. The van der Waals surface area contributed by atoms with Crippen LogP contribution in [-0.4, -0.2) is 59.8 Å². The summed E-state index contributed by atoms with van der Waals surface area (Å²) in [7, 11) is 3.43. The Morgan fingerprint density at radius 1 is 1.34 bits per heavy atom. The predicted octanol–water partition coefficient (Wildman–Crippen LogP) is 1.61. The molecule has 2 N–H and O–H groups in total. The highest BCUT2D eigenvalue weighted by Gasteiger charge is 2.37. The van der Waals surface area contributed by atoms with Crippen LogP contribution in [-0.2, 0) is 16.6 Å². The SMILES string of the molecule is CCCN(CC(=O)Nc1ccccc1OC)C(=O)[C@H]1CNC[C@@H]1c1cnn(C)c1. The number of aryl methyl sites for hydroxylation is 1. The molecule has 0 bridgehead atoms. The van der Waals surface area contributed by atoms with Gasteiger partial charge >= 0.3 is 0 Å². The molecule has 1 aromatic heterocycles. The molecule has 8 nitrogen and oxygen atoms in total. The third-order valence-corrected chi connectivity index (χ3v) is 5.21. The number of nitrogens with zero attached hydrogens (tertiary/aromatic N) is 3. The molecule has 2 heterocycles. The first kappa shape index (κ1) is 20.9. The first-order valence-corrected chi connectivity index (χ1v) is 9.94. The molecular weight excluding hydrogens is 370 g/mol. The van der Waals surface area contributed by atoms with Crippen LogP contribution in [0.25, 0.3) is 0 Å². The summed E-state index contributed by atoms with van der Waals surface area (Å²) in [6, 6.07) is 7.23. The maximum Gasteiger partial charge on any atom is 0.244 e. The predicted molar refractivity (Wildman–Crippen MR) is 111 cm³/mol. The summed E-state index contributed by atoms with van der Waals surface area (Å²) >= 11 is 0. The maximum absolute atomic E-state index is 13.3. The molecule has 0 radical (unpaired) electrons. The number of para-hydroxylation sites is 2. The Balaban J connectivity index is 1.69.